The van der Waals surface area contributed by atoms with E-state index in [0.717, 1.165) is 33.6 Å². The minimum atomic E-state index is -6.27. The van der Waals surface area contributed by atoms with Gasteiger partial charge in [-0.2, -0.15) is 39.7 Å². The summed E-state index contributed by atoms with van der Waals surface area (Å²) in [5, 5.41) is 0.392. The summed E-state index contributed by atoms with van der Waals surface area (Å²) in [7, 11) is 1.75. The van der Waals surface area contributed by atoms with Crippen molar-refractivity contribution in [1.29, 1.82) is 0 Å². The number of benzene rings is 2. The van der Waals surface area contributed by atoms with Gasteiger partial charge >= 0.3 is 23.7 Å². The molecular weight excluding hydrogens is 498 g/mol. The molecule has 35 heavy (non-hydrogen) atoms. The van der Waals surface area contributed by atoms with Gasteiger partial charge in [-0.1, -0.05) is 11.6 Å². The van der Waals surface area contributed by atoms with E-state index in [2.05, 4.69) is 0 Å². The highest BCUT2D eigenvalue weighted by Crippen LogP contribution is 2.65. The van der Waals surface area contributed by atoms with Crippen LogP contribution < -0.4 is 4.57 Å². The molecule has 1 aliphatic rings. The predicted octanol–water partition coefficient (Wildman–Crippen LogP) is 7.94. The maximum atomic E-state index is 14.6. The molecule has 2 aromatic carbocycles. The smallest absolute Gasteiger partial charge is 0.200 e. The number of halogens is 8. The molecule has 1 nitrogen and oxygen atoms in total. The fourth-order valence-corrected chi connectivity index (χ4v) is 6.09. The first-order valence-electron chi connectivity index (χ1n) is 10.5. The number of rotatable bonds is 1. The molecular formula is C25H18F8NS+. The Morgan fingerprint density at radius 1 is 0.743 bits per heavy atom. The molecule has 10 heteroatoms. The molecule has 0 atom stereocenters. The first-order valence-corrected chi connectivity index (χ1v) is 11.3. The van der Waals surface area contributed by atoms with E-state index in [0.29, 0.717) is 27.9 Å². The molecule has 5 rings (SSSR count). The lowest BCUT2D eigenvalue weighted by molar-refractivity contribution is -0.659. The molecule has 184 valence electrons. The van der Waals surface area contributed by atoms with Gasteiger partial charge in [0.25, 0.3) is 0 Å². The Kier molecular flexibility index (Phi) is 4.74. The number of alkyl halides is 8. The zero-order valence-electron chi connectivity index (χ0n) is 18.8. The maximum absolute atomic E-state index is 14.6. The fraction of sp³-hybridized carbons (Fsp3) is 0.320. The first kappa shape index (κ1) is 24.0. The summed E-state index contributed by atoms with van der Waals surface area (Å²) in [6.07, 6.45) is 1.65. The number of nitrogens with zero attached hydrogens (tertiary/aromatic N) is 1. The predicted molar refractivity (Wildman–Crippen MR) is 118 cm³/mol. The summed E-state index contributed by atoms with van der Waals surface area (Å²) < 4.78 is 117. The highest BCUT2D eigenvalue weighted by Gasteiger charge is 2.85. The van der Waals surface area contributed by atoms with Crippen molar-refractivity contribution in [2.75, 3.05) is 0 Å². The Morgan fingerprint density at radius 2 is 1.31 bits per heavy atom. The Bertz CT molecular complexity index is 1550. The molecule has 0 unspecified atom stereocenters. The number of thiophene rings is 1. The third-order valence-corrected chi connectivity index (χ3v) is 8.00. The second-order valence-corrected chi connectivity index (χ2v) is 10.1. The molecule has 0 saturated carbocycles. The molecule has 2 heterocycles. The molecule has 0 amide bonds. The number of aromatic nitrogens is 1. The van der Waals surface area contributed by atoms with Crippen LogP contribution >= 0.6 is 11.3 Å². The molecule has 0 radical (unpaired) electrons. The van der Waals surface area contributed by atoms with Crippen LogP contribution in [0.2, 0.25) is 0 Å². The van der Waals surface area contributed by atoms with Crippen molar-refractivity contribution < 1.29 is 39.7 Å². The summed E-state index contributed by atoms with van der Waals surface area (Å²) in [6.45, 7) is 5.73. The summed E-state index contributed by atoms with van der Waals surface area (Å²) >= 11 is 0.960. The van der Waals surface area contributed by atoms with Gasteiger partial charge in [0.05, 0.1) is 5.56 Å². The molecule has 0 N–H and O–H groups in total. The second kappa shape index (κ2) is 6.93. The fourth-order valence-electron chi connectivity index (χ4n) is 4.77. The van der Waals surface area contributed by atoms with Gasteiger partial charge in [-0.15, -0.1) is 11.3 Å². The number of pyridine rings is 1. The number of aryl methyl sites for hydroxylation is 3. The maximum Gasteiger partial charge on any atom is 0.382 e. The molecule has 1 aliphatic carbocycles. The van der Waals surface area contributed by atoms with Crippen molar-refractivity contribution >= 4 is 31.5 Å². The van der Waals surface area contributed by atoms with E-state index in [1.165, 1.54) is 0 Å². The number of hydrogen-bond donors (Lipinski definition) is 0. The van der Waals surface area contributed by atoms with Gasteiger partial charge in [0.2, 0.25) is 5.69 Å². The van der Waals surface area contributed by atoms with Crippen molar-refractivity contribution in [2.24, 2.45) is 7.05 Å². The molecule has 0 bridgehead atoms. The van der Waals surface area contributed by atoms with Crippen LogP contribution in [-0.4, -0.2) is 11.8 Å². The summed E-state index contributed by atoms with van der Waals surface area (Å²) in [5.41, 5.74) is 0.806. The van der Waals surface area contributed by atoms with Gasteiger partial charge in [0.15, 0.2) is 6.20 Å². The molecule has 0 saturated heterocycles. The van der Waals surface area contributed by atoms with E-state index in [4.69, 9.17) is 0 Å². The van der Waals surface area contributed by atoms with E-state index in [1.54, 1.807) is 23.9 Å². The van der Waals surface area contributed by atoms with Crippen molar-refractivity contribution in [3.8, 4) is 11.3 Å². The topological polar surface area (TPSA) is 3.88 Å². The minimum absolute atomic E-state index is 0.0177. The van der Waals surface area contributed by atoms with E-state index >= 15 is 0 Å². The van der Waals surface area contributed by atoms with Gasteiger partial charge in [-0.05, 0) is 50.1 Å². The molecule has 0 aliphatic heterocycles. The quantitative estimate of drug-likeness (QED) is 0.179. The van der Waals surface area contributed by atoms with E-state index < -0.39 is 34.8 Å². The summed E-state index contributed by atoms with van der Waals surface area (Å²) in [4.78, 5) is 0. The Labute approximate surface area is 198 Å². The van der Waals surface area contributed by atoms with Crippen LogP contribution in [0.25, 0.3) is 31.4 Å². The zero-order valence-corrected chi connectivity index (χ0v) is 19.7. The van der Waals surface area contributed by atoms with E-state index in [9.17, 15) is 35.1 Å². The highest BCUT2D eigenvalue weighted by atomic mass is 32.1. The average molecular weight is 516 g/mol. The normalized spacial score (nSPS) is 19.8. The summed E-state index contributed by atoms with van der Waals surface area (Å²) in [5.74, 6) is -23.5. The molecule has 0 spiro atoms. The lowest BCUT2D eigenvalue weighted by atomic mass is 9.79. The van der Waals surface area contributed by atoms with Crippen LogP contribution in [0.5, 0.6) is 0 Å². The lowest BCUT2D eigenvalue weighted by Crippen LogP contribution is -2.63. The SMILES string of the molecule is Cc1cc(C)c(C)c(-c2c3sc4cc5c(cc4c3cc[n+]2C)C(F)(F)C(F)(F)C(F)(F)C5(F)F)c1. The first-order chi connectivity index (χ1) is 16.0. The van der Waals surface area contributed by atoms with Gasteiger partial charge in [0, 0.05) is 32.7 Å². The van der Waals surface area contributed by atoms with Crippen molar-refractivity contribution in [1.82, 2.24) is 0 Å². The van der Waals surface area contributed by atoms with Crippen molar-refractivity contribution in [3.63, 3.8) is 0 Å². The van der Waals surface area contributed by atoms with Gasteiger partial charge in [-0.3, -0.25) is 0 Å². The Morgan fingerprint density at radius 3 is 1.91 bits per heavy atom. The average Bonchev–Trinajstić information content (AvgIpc) is 3.12. The van der Waals surface area contributed by atoms with Crippen LogP contribution in [-0.2, 0) is 18.9 Å². The number of fused-ring (bicyclic) bond motifs is 4. The van der Waals surface area contributed by atoms with Crippen LogP contribution in [0.1, 0.15) is 27.8 Å². The highest BCUT2D eigenvalue weighted by molar-refractivity contribution is 7.26. The zero-order chi connectivity index (χ0) is 25.9. The molecule has 2 aromatic heterocycles. The molecule has 0 fully saturated rings. The third kappa shape index (κ3) is 2.83. The van der Waals surface area contributed by atoms with Crippen LogP contribution in [0.3, 0.4) is 0 Å². The van der Waals surface area contributed by atoms with Crippen molar-refractivity contribution in [3.05, 3.63) is 64.3 Å². The van der Waals surface area contributed by atoms with E-state index in [-0.39, 0.29) is 10.1 Å². The summed E-state index contributed by atoms with van der Waals surface area (Å²) in [6, 6.07) is 6.50. The van der Waals surface area contributed by atoms with E-state index in [1.807, 2.05) is 32.9 Å². The van der Waals surface area contributed by atoms with Crippen LogP contribution in [0.15, 0.2) is 36.5 Å². The van der Waals surface area contributed by atoms with Crippen LogP contribution in [0.4, 0.5) is 35.1 Å². The third-order valence-electron chi connectivity index (χ3n) is 6.83. The van der Waals surface area contributed by atoms with Gasteiger partial charge < -0.3 is 0 Å². The Hall–Kier alpha value is -2.75. The van der Waals surface area contributed by atoms with Crippen LogP contribution in [0, 0.1) is 20.8 Å². The second-order valence-electron chi connectivity index (χ2n) is 9.07. The van der Waals surface area contributed by atoms with Crippen molar-refractivity contribution in [2.45, 2.75) is 44.5 Å². The van der Waals surface area contributed by atoms with Gasteiger partial charge in [-0.25, -0.2) is 0 Å². The van der Waals surface area contributed by atoms with Gasteiger partial charge in [0.1, 0.15) is 11.7 Å². The Balaban J connectivity index is 1.91. The monoisotopic (exact) mass is 516 g/mol. The standard InChI is InChI=1S/C25H18F8NS/c1-11-7-12(2)13(3)15(8-11)20-21-14(5-6-34(20)4)16-9-17-18(10-19(16)35-21)23(28,29)25(32,33)24(30,31)22(17,26)27/h5-10H,1-4H3/q+1. The largest absolute Gasteiger partial charge is 0.382 e. The molecule has 4 aromatic rings. The lowest BCUT2D eigenvalue weighted by Gasteiger charge is -2.42. The number of hydrogen-bond acceptors (Lipinski definition) is 1. The minimum Gasteiger partial charge on any atom is -0.200 e.